The first-order valence-corrected chi connectivity index (χ1v) is 8.69. The molecule has 1 saturated heterocycles. The lowest BCUT2D eigenvalue weighted by Crippen LogP contribution is -2.28. The van der Waals surface area contributed by atoms with Crippen molar-refractivity contribution in [2.45, 2.75) is 12.3 Å². The summed E-state index contributed by atoms with van der Waals surface area (Å²) in [5.41, 5.74) is 2.55. The van der Waals surface area contributed by atoms with Crippen LogP contribution in [0.4, 0.5) is 0 Å². The molecule has 1 amide bonds. The van der Waals surface area contributed by atoms with E-state index in [9.17, 15) is 4.79 Å². The number of aromatic nitrogens is 1. The number of methoxy groups -OCH3 is 1. The van der Waals surface area contributed by atoms with Gasteiger partial charge in [0.2, 0.25) is 0 Å². The molecule has 26 heavy (non-hydrogen) atoms. The summed E-state index contributed by atoms with van der Waals surface area (Å²) in [5.74, 6) is 1.53. The number of amides is 1. The van der Waals surface area contributed by atoms with Crippen LogP contribution >= 0.6 is 0 Å². The van der Waals surface area contributed by atoms with E-state index in [2.05, 4.69) is 17.3 Å². The standard InChI is InChI=1S/C21H20N2O3/c1-25-18-9-5-8-16(12-18)20-19(13-22-26-20)21(24)23-11-10-17(14-23)15-6-3-2-4-7-15/h2-9,12-13,17H,10-11,14H2,1H3. The van der Waals surface area contributed by atoms with Gasteiger partial charge in [-0.05, 0) is 24.1 Å². The van der Waals surface area contributed by atoms with Gasteiger partial charge in [0.15, 0.2) is 5.76 Å². The first-order valence-electron chi connectivity index (χ1n) is 8.69. The quantitative estimate of drug-likeness (QED) is 0.716. The van der Waals surface area contributed by atoms with Gasteiger partial charge in [0.1, 0.15) is 11.3 Å². The van der Waals surface area contributed by atoms with Gasteiger partial charge in [-0.25, -0.2) is 0 Å². The zero-order valence-electron chi connectivity index (χ0n) is 14.6. The molecule has 0 saturated carbocycles. The zero-order valence-corrected chi connectivity index (χ0v) is 14.6. The van der Waals surface area contributed by atoms with Gasteiger partial charge in [-0.3, -0.25) is 4.79 Å². The van der Waals surface area contributed by atoms with Crippen molar-refractivity contribution in [2.75, 3.05) is 20.2 Å². The van der Waals surface area contributed by atoms with Crippen LogP contribution < -0.4 is 4.74 Å². The van der Waals surface area contributed by atoms with E-state index in [1.165, 1.54) is 11.8 Å². The Bertz CT molecular complexity index is 904. The summed E-state index contributed by atoms with van der Waals surface area (Å²) >= 11 is 0. The van der Waals surface area contributed by atoms with Crippen LogP contribution in [0.3, 0.4) is 0 Å². The van der Waals surface area contributed by atoms with Crippen LogP contribution in [0.1, 0.15) is 28.3 Å². The number of carbonyl (C=O) groups is 1. The second-order valence-electron chi connectivity index (χ2n) is 6.45. The van der Waals surface area contributed by atoms with Crippen LogP contribution in [-0.4, -0.2) is 36.2 Å². The van der Waals surface area contributed by atoms with E-state index in [-0.39, 0.29) is 5.91 Å². The lowest BCUT2D eigenvalue weighted by molar-refractivity contribution is 0.0791. The highest BCUT2D eigenvalue weighted by molar-refractivity contribution is 5.99. The predicted octanol–water partition coefficient (Wildman–Crippen LogP) is 3.98. The molecule has 132 valence electrons. The van der Waals surface area contributed by atoms with E-state index in [1.54, 1.807) is 7.11 Å². The van der Waals surface area contributed by atoms with Crippen LogP contribution in [0.25, 0.3) is 11.3 Å². The lowest BCUT2D eigenvalue weighted by atomic mass is 9.99. The van der Waals surface area contributed by atoms with Gasteiger partial charge in [0, 0.05) is 24.6 Å². The summed E-state index contributed by atoms with van der Waals surface area (Å²) in [5, 5.41) is 3.86. The Morgan fingerprint density at radius 2 is 2.04 bits per heavy atom. The average Bonchev–Trinajstić information content (AvgIpc) is 3.38. The summed E-state index contributed by atoms with van der Waals surface area (Å²) in [6, 6.07) is 17.8. The van der Waals surface area contributed by atoms with Crippen LogP contribution in [-0.2, 0) is 0 Å². The van der Waals surface area contributed by atoms with Crippen molar-refractivity contribution in [1.82, 2.24) is 10.1 Å². The molecule has 5 heteroatoms. The van der Waals surface area contributed by atoms with Gasteiger partial charge < -0.3 is 14.2 Å². The molecule has 1 unspecified atom stereocenters. The molecular weight excluding hydrogens is 328 g/mol. The van der Waals surface area contributed by atoms with E-state index in [1.807, 2.05) is 47.4 Å². The first-order chi connectivity index (χ1) is 12.8. The number of benzene rings is 2. The number of rotatable bonds is 4. The molecule has 2 heterocycles. The van der Waals surface area contributed by atoms with E-state index in [0.717, 1.165) is 18.5 Å². The van der Waals surface area contributed by atoms with Crippen molar-refractivity contribution in [3.63, 3.8) is 0 Å². The number of ether oxygens (including phenoxy) is 1. The molecule has 0 spiro atoms. The monoisotopic (exact) mass is 348 g/mol. The second kappa shape index (κ2) is 7.04. The van der Waals surface area contributed by atoms with Gasteiger partial charge >= 0.3 is 0 Å². The van der Waals surface area contributed by atoms with Crippen molar-refractivity contribution in [3.8, 4) is 17.1 Å². The molecule has 0 aliphatic carbocycles. The summed E-state index contributed by atoms with van der Waals surface area (Å²) in [6.45, 7) is 1.45. The predicted molar refractivity (Wildman–Crippen MR) is 98.2 cm³/mol. The molecule has 1 aromatic heterocycles. The van der Waals surface area contributed by atoms with Gasteiger partial charge in [0.05, 0.1) is 13.3 Å². The van der Waals surface area contributed by atoms with Crippen LogP contribution in [0.5, 0.6) is 5.75 Å². The Kier molecular flexibility index (Phi) is 4.44. The van der Waals surface area contributed by atoms with Crippen molar-refractivity contribution in [3.05, 3.63) is 71.9 Å². The van der Waals surface area contributed by atoms with Crippen LogP contribution in [0.15, 0.2) is 65.3 Å². The van der Waals surface area contributed by atoms with Gasteiger partial charge in [0.25, 0.3) is 5.91 Å². The highest BCUT2D eigenvalue weighted by Gasteiger charge is 2.30. The second-order valence-corrected chi connectivity index (χ2v) is 6.45. The van der Waals surface area contributed by atoms with Crippen LogP contribution in [0.2, 0.25) is 0 Å². The Morgan fingerprint density at radius 1 is 1.19 bits per heavy atom. The number of carbonyl (C=O) groups excluding carboxylic acids is 1. The first kappa shape index (κ1) is 16.4. The van der Waals surface area contributed by atoms with E-state index in [4.69, 9.17) is 9.26 Å². The molecule has 1 aliphatic rings. The van der Waals surface area contributed by atoms with Gasteiger partial charge in [-0.1, -0.05) is 47.6 Å². The summed E-state index contributed by atoms with van der Waals surface area (Å²) in [7, 11) is 1.61. The molecule has 1 atom stereocenters. The fourth-order valence-corrected chi connectivity index (χ4v) is 3.48. The average molecular weight is 348 g/mol. The normalized spacial score (nSPS) is 16.7. The number of hydrogen-bond acceptors (Lipinski definition) is 4. The molecular formula is C21H20N2O3. The van der Waals surface area contributed by atoms with Crippen molar-refractivity contribution >= 4 is 5.91 Å². The molecule has 3 aromatic rings. The Morgan fingerprint density at radius 3 is 2.85 bits per heavy atom. The molecule has 1 fully saturated rings. The highest BCUT2D eigenvalue weighted by atomic mass is 16.5. The van der Waals surface area contributed by atoms with Gasteiger partial charge in [-0.15, -0.1) is 0 Å². The fourth-order valence-electron chi connectivity index (χ4n) is 3.48. The minimum atomic E-state index is -0.0394. The third-order valence-corrected chi connectivity index (χ3v) is 4.88. The number of hydrogen-bond donors (Lipinski definition) is 0. The Hall–Kier alpha value is -3.08. The van der Waals surface area contributed by atoms with Gasteiger partial charge in [-0.2, -0.15) is 0 Å². The van der Waals surface area contributed by atoms with Crippen molar-refractivity contribution in [1.29, 1.82) is 0 Å². The molecule has 4 rings (SSSR count). The summed E-state index contributed by atoms with van der Waals surface area (Å²) in [4.78, 5) is 14.9. The minimum absolute atomic E-state index is 0.0394. The maximum atomic E-state index is 13.0. The summed E-state index contributed by atoms with van der Waals surface area (Å²) in [6.07, 6.45) is 2.47. The SMILES string of the molecule is COc1cccc(-c2oncc2C(=O)N2CCC(c3ccccc3)C2)c1. The highest BCUT2D eigenvalue weighted by Crippen LogP contribution is 2.31. The smallest absolute Gasteiger partial charge is 0.259 e. The molecule has 0 radical (unpaired) electrons. The zero-order chi connectivity index (χ0) is 17.9. The van der Waals surface area contributed by atoms with E-state index in [0.29, 0.717) is 29.5 Å². The maximum absolute atomic E-state index is 13.0. The lowest BCUT2D eigenvalue weighted by Gasteiger charge is -2.16. The third-order valence-electron chi connectivity index (χ3n) is 4.88. The fraction of sp³-hybridized carbons (Fsp3) is 0.238. The maximum Gasteiger partial charge on any atom is 0.259 e. The van der Waals surface area contributed by atoms with Crippen molar-refractivity contribution < 1.29 is 14.1 Å². The topological polar surface area (TPSA) is 55.6 Å². The minimum Gasteiger partial charge on any atom is -0.497 e. The summed E-state index contributed by atoms with van der Waals surface area (Å²) < 4.78 is 10.6. The third kappa shape index (κ3) is 3.08. The molecule has 5 nitrogen and oxygen atoms in total. The van der Waals surface area contributed by atoms with E-state index < -0.39 is 0 Å². The molecule has 0 N–H and O–H groups in total. The Labute approximate surface area is 152 Å². The molecule has 1 aliphatic heterocycles. The molecule has 0 bridgehead atoms. The largest absolute Gasteiger partial charge is 0.497 e. The Balaban J connectivity index is 1.56. The molecule has 2 aromatic carbocycles. The number of likely N-dealkylation sites (tertiary alicyclic amines) is 1. The van der Waals surface area contributed by atoms with E-state index >= 15 is 0 Å². The number of nitrogens with zero attached hydrogens (tertiary/aromatic N) is 2. The van der Waals surface area contributed by atoms with Crippen LogP contribution in [0, 0.1) is 0 Å². The van der Waals surface area contributed by atoms with Crippen molar-refractivity contribution in [2.24, 2.45) is 0 Å².